The van der Waals surface area contributed by atoms with Crippen molar-refractivity contribution in [2.24, 2.45) is 0 Å². The number of halogens is 1. The molecule has 0 bridgehead atoms. The summed E-state index contributed by atoms with van der Waals surface area (Å²) in [5.74, 6) is -1.24. The molecule has 1 aromatic heterocycles. The minimum atomic E-state index is -0.811. The zero-order valence-corrected chi connectivity index (χ0v) is 18.5. The molecule has 0 aliphatic carbocycles. The van der Waals surface area contributed by atoms with Crippen LogP contribution in [0.25, 0.3) is 5.69 Å². The van der Waals surface area contributed by atoms with Crippen LogP contribution in [0.4, 0.5) is 4.39 Å². The topological polar surface area (TPSA) is 95.2 Å². The van der Waals surface area contributed by atoms with Crippen molar-refractivity contribution >= 4 is 5.91 Å². The van der Waals surface area contributed by atoms with Crippen LogP contribution in [0.15, 0.2) is 52.1 Å². The van der Waals surface area contributed by atoms with Gasteiger partial charge in [-0.05, 0) is 43.9 Å². The molecule has 9 heteroatoms. The molecule has 1 unspecified atom stereocenters. The molecule has 3 aromatic rings. The molecule has 1 amide bonds. The second kappa shape index (κ2) is 9.50. The molecule has 4 rings (SSSR count). The van der Waals surface area contributed by atoms with Crippen LogP contribution in [0.5, 0.6) is 0 Å². The normalized spacial score (nSPS) is 15.5. The van der Waals surface area contributed by atoms with Crippen molar-refractivity contribution in [3.63, 3.8) is 0 Å². The number of rotatable bonds is 6. The number of nitrogens with one attached hydrogen (secondary N) is 1. The number of carbonyl (C=O) groups is 1. The monoisotopic (exact) mass is 452 g/mol. The van der Waals surface area contributed by atoms with E-state index in [1.54, 1.807) is 19.1 Å². The maximum Gasteiger partial charge on any atom is 0.352 e. The van der Waals surface area contributed by atoms with Crippen LogP contribution >= 0.6 is 0 Å². The van der Waals surface area contributed by atoms with Gasteiger partial charge in [0.2, 0.25) is 5.69 Å². The van der Waals surface area contributed by atoms with Crippen molar-refractivity contribution in [3.05, 3.63) is 91.5 Å². The zero-order valence-electron chi connectivity index (χ0n) is 18.5. The van der Waals surface area contributed by atoms with E-state index in [0.29, 0.717) is 17.7 Å². The van der Waals surface area contributed by atoms with E-state index in [-0.39, 0.29) is 24.9 Å². The predicted octanol–water partition coefficient (Wildman–Crippen LogP) is 2.11. The van der Waals surface area contributed by atoms with Gasteiger partial charge >= 0.3 is 5.69 Å². The number of aromatic nitrogens is 3. The lowest BCUT2D eigenvalue weighted by molar-refractivity contribution is 0.0849. The molecule has 0 spiro atoms. The smallest absolute Gasteiger partial charge is 0.352 e. The molecular formula is C24H25FN4O4. The summed E-state index contributed by atoms with van der Waals surface area (Å²) in [5.41, 5.74) is 0.235. The van der Waals surface area contributed by atoms with Crippen LogP contribution in [-0.4, -0.2) is 39.5 Å². The van der Waals surface area contributed by atoms with Crippen LogP contribution in [-0.2, 0) is 11.3 Å². The Hall–Kier alpha value is -3.59. The van der Waals surface area contributed by atoms with Gasteiger partial charge in [0.25, 0.3) is 11.5 Å². The van der Waals surface area contributed by atoms with Gasteiger partial charge in [0, 0.05) is 19.2 Å². The highest BCUT2D eigenvalue weighted by atomic mass is 19.1. The summed E-state index contributed by atoms with van der Waals surface area (Å²) in [7, 11) is 0. The van der Waals surface area contributed by atoms with Crippen LogP contribution in [0.1, 0.15) is 40.0 Å². The lowest BCUT2D eigenvalue weighted by Crippen LogP contribution is -2.46. The molecule has 1 fully saturated rings. The van der Waals surface area contributed by atoms with Gasteiger partial charge in [0.15, 0.2) is 0 Å². The molecule has 0 saturated carbocycles. The Morgan fingerprint density at radius 2 is 1.94 bits per heavy atom. The Balaban J connectivity index is 1.78. The maximum atomic E-state index is 14.2. The molecule has 1 N–H and O–H groups in total. The summed E-state index contributed by atoms with van der Waals surface area (Å²) < 4.78 is 21.5. The summed E-state index contributed by atoms with van der Waals surface area (Å²) in [6, 6.07) is 11.5. The van der Waals surface area contributed by atoms with Crippen LogP contribution in [0, 0.1) is 19.7 Å². The number of amides is 1. The standard InChI is InChI=1S/C24H25FN4O4/c1-15-5-8-17(9-6-15)14-28-23(31)21(22(30)26-13-19-4-3-11-33-19)27-29(24(28)32)18-10-7-16(2)20(25)12-18/h5-10,12,19H,3-4,11,13-14H2,1-2H3,(H,26,30). The van der Waals surface area contributed by atoms with Crippen molar-refractivity contribution in [2.45, 2.75) is 39.3 Å². The minimum absolute atomic E-state index is 0.0547. The largest absolute Gasteiger partial charge is 0.376 e. The number of aryl methyl sites for hydroxylation is 2. The van der Waals surface area contributed by atoms with Crippen molar-refractivity contribution in [3.8, 4) is 5.69 Å². The quantitative estimate of drug-likeness (QED) is 0.618. The first-order valence-corrected chi connectivity index (χ1v) is 10.8. The summed E-state index contributed by atoms with van der Waals surface area (Å²) in [6.45, 7) is 4.33. The molecule has 8 nitrogen and oxygen atoms in total. The third-order valence-electron chi connectivity index (χ3n) is 5.65. The Kier molecular flexibility index (Phi) is 6.50. The molecule has 0 radical (unpaired) electrons. The molecule has 2 heterocycles. The van der Waals surface area contributed by atoms with E-state index >= 15 is 0 Å². The molecule has 1 aliphatic rings. The van der Waals surface area contributed by atoms with Crippen molar-refractivity contribution in [1.82, 2.24) is 19.7 Å². The molecular weight excluding hydrogens is 427 g/mol. The van der Waals surface area contributed by atoms with Gasteiger partial charge in [-0.15, -0.1) is 0 Å². The first-order chi connectivity index (χ1) is 15.8. The number of nitrogens with zero attached hydrogens (tertiary/aromatic N) is 3. The van der Waals surface area contributed by atoms with E-state index in [4.69, 9.17) is 4.74 Å². The summed E-state index contributed by atoms with van der Waals surface area (Å²) in [6.07, 6.45) is 1.60. The number of carbonyl (C=O) groups excluding carboxylic acids is 1. The van der Waals surface area contributed by atoms with E-state index in [0.717, 1.165) is 33.7 Å². The highest BCUT2D eigenvalue weighted by molar-refractivity contribution is 5.91. The molecule has 1 atom stereocenters. The first-order valence-electron chi connectivity index (χ1n) is 10.8. The highest BCUT2D eigenvalue weighted by Gasteiger charge is 2.23. The minimum Gasteiger partial charge on any atom is -0.376 e. The Morgan fingerprint density at radius 1 is 1.18 bits per heavy atom. The van der Waals surface area contributed by atoms with Gasteiger partial charge in [0.1, 0.15) is 5.82 Å². The molecule has 1 saturated heterocycles. The molecule has 2 aromatic carbocycles. The lowest BCUT2D eigenvalue weighted by atomic mass is 10.1. The fourth-order valence-electron chi connectivity index (χ4n) is 3.65. The fraction of sp³-hybridized carbons (Fsp3) is 0.333. The summed E-state index contributed by atoms with van der Waals surface area (Å²) in [4.78, 5) is 39.2. The van der Waals surface area contributed by atoms with E-state index < -0.39 is 28.7 Å². The third kappa shape index (κ3) is 4.93. The number of hydrogen-bond donors (Lipinski definition) is 1. The number of ether oxygens (including phenoxy) is 1. The van der Waals surface area contributed by atoms with Crippen LogP contribution in [0.3, 0.4) is 0 Å². The number of hydrogen-bond acceptors (Lipinski definition) is 5. The summed E-state index contributed by atoms with van der Waals surface area (Å²) >= 11 is 0. The fourth-order valence-corrected chi connectivity index (χ4v) is 3.65. The van der Waals surface area contributed by atoms with Gasteiger partial charge in [0.05, 0.1) is 18.3 Å². The highest BCUT2D eigenvalue weighted by Crippen LogP contribution is 2.12. The third-order valence-corrected chi connectivity index (χ3v) is 5.65. The zero-order chi connectivity index (χ0) is 23.5. The van der Waals surface area contributed by atoms with Gasteiger partial charge in [-0.2, -0.15) is 9.78 Å². The molecule has 172 valence electrons. The van der Waals surface area contributed by atoms with Gasteiger partial charge in [-0.1, -0.05) is 35.9 Å². The molecule has 1 aliphatic heterocycles. The van der Waals surface area contributed by atoms with Crippen molar-refractivity contribution < 1.29 is 13.9 Å². The van der Waals surface area contributed by atoms with Crippen molar-refractivity contribution in [1.29, 1.82) is 0 Å². The second-order valence-corrected chi connectivity index (χ2v) is 8.20. The van der Waals surface area contributed by atoms with E-state index in [2.05, 4.69) is 10.4 Å². The van der Waals surface area contributed by atoms with Crippen LogP contribution < -0.4 is 16.6 Å². The Morgan fingerprint density at radius 3 is 2.61 bits per heavy atom. The SMILES string of the molecule is Cc1ccc(Cn2c(=O)c(C(=O)NCC3CCCO3)nn(-c3ccc(C)c(F)c3)c2=O)cc1. The Labute approximate surface area is 189 Å². The van der Waals surface area contributed by atoms with E-state index in [1.807, 2.05) is 19.1 Å². The van der Waals surface area contributed by atoms with Gasteiger partial charge in [-0.3, -0.25) is 14.2 Å². The predicted molar refractivity (Wildman–Crippen MR) is 120 cm³/mol. The van der Waals surface area contributed by atoms with E-state index in [9.17, 15) is 18.8 Å². The second-order valence-electron chi connectivity index (χ2n) is 8.20. The van der Waals surface area contributed by atoms with Crippen molar-refractivity contribution in [2.75, 3.05) is 13.2 Å². The lowest BCUT2D eigenvalue weighted by Gasteiger charge is -2.14. The average molecular weight is 452 g/mol. The number of benzene rings is 2. The summed E-state index contributed by atoms with van der Waals surface area (Å²) in [5, 5.41) is 6.70. The Bertz CT molecular complexity index is 1290. The maximum absolute atomic E-state index is 14.2. The average Bonchev–Trinajstić information content (AvgIpc) is 3.32. The van der Waals surface area contributed by atoms with Gasteiger partial charge in [-0.25, -0.2) is 9.18 Å². The molecule has 33 heavy (non-hydrogen) atoms. The van der Waals surface area contributed by atoms with E-state index in [1.165, 1.54) is 12.1 Å². The van der Waals surface area contributed by atoms with Crippen LogP contribution in [0.2, 0.25) is 0 Å². The van der Waals surface area contributed by atoms with Gasteiger partial charge < -0.3 is 10.1 Å². The first kappa shape index (κ1) is 22.6.